The third kappa shape index (κ3) is 4.07. The van der Waals surface area contributed by atoms with E-state index >= 15 is 0 Å². The fraction of sp³-hybridized carbons (Fsp3) is 0. The SMILES string of the molecule is [Mn+3].[c-]1ccccc1-c1[c-]c(N2c3ccccc3Oc3cc4cccc(-c5[c-]cccc5)c4nc32)ccc1. The van der Waals surface area contributed by atoms with Crippen LogP contribution in [0.2, 0.25) is 0 Å². The molecule has 5 aromatic carbocycles. The van der Waals surface area contributed by atoms with Gasteiger partial charge in [-0.2, -0.15) is 42.5 Å². The molecular formula is C33H19MnN2O. The fourth-order valence-electron chi connectivity index (χ4n) is 4.69. The van der Waals surface area contributed by atoms with Crippen LogP contribution in [0.3, 0.4) is 0 Å². The van der Waals surface area contributed by atoms with Crippen molar-refractivity contribution in [2.45, 2.75) is 0 Å². The number of ether oxygens (including phenoxy) is 1. The van der Waals surface area contributed by atoms with Gasteiger partial charge in [0.2, 0.25) is 0 Å². The van der Waals surface area contributed by atoms with Crippen molar-refractivity contribution >= 4 is 28.1 Å². The molecule has 0 aliphatic carbocycles. The van der Waals surface area contributed by atoms with Crippen molar-refractivity contribution in [1.29, 1.82) is 0 Å². The van der Waals surface area contributed by atoms with Crippen LogP contribution in [0.1, 0.15) is 0 Å². The molecule has 0 saturated heterocycles. The number of benzene rings is 5. The second kappa shape index (κ2) is 9.59. The van der Waals surface area contributed by atoms with Crippen LogP contribution in [-0.4, -0.2) is 4.98 Å². The first kappa shape index (κ1) is 23.1. The Hall–Kier alpha value is -4.37. The maximum atomic E-state index is 6.37. The van der Waals surface area contributed by atoms with Crippen molar-refractivity contribution < 1.29 is 21.8 Å². The van der Waals surface area contributed by atoms with Gasteiger partial charge in [0.25, 0.3) is 0 Å². The number of aromatic nitrogens is 1. The number of para-hydroxylation sites is 3. The molecule has 0 bridgehead atoms. The predicted octanol–water partition coefficient (Wildman–Crippen LogP) is 8.54. The van der Waals surface area contributed by atoms with E-state index in [4.69, 9.17) is 9.72 Å². The number of hydrogen-bond acceptors (Lipinski definition) is 3. The minimum atomic E-state index is 0. The molecule has 1 aliphatic heterocycles. The van der Waals surface area contributed by atoms with Gasteiger partial charge in [0.15, 0.2) is 17.3 Å². The molecule has 0 amide bonds. The third-order valence-electron chi connectivity index (χ3n) is 6.35. The topological polar surface area (TPSA) is 25.4 Å². The Bertz CT molecular complexity index is 1720. The summed E-state index contributed by atoms with van der Waals surface area (Å²) >= 11 is 0. The Morgan fingerprint density at radius 1 is 0.649 bits per heavy atom. The summed E-state index contributed by atoms with van der Waals surface area (Å²) < 4.78 is 6.37. The van der Waals surface area contributed by atoms with Crippen molar-refractivity contribution in [1.82, 2.24) is 4.98 Å². The minimum Gasteiger partial charge on any atom is -0.451 e. The summed E-state index contributed by atoms with van der Waals surface area (Å²) in [6.45, 7) is 0. The van der Waals surface area contributed by atoms with Crippen molar-refractivity contribution in [3.63, 3.8) is 0 Å². The molecule has 1 aliphatic rings. The zero-order chi connectivity index (χ0) is 23.9. The monoisotopic (exact) mass is 514 g/mol. The number of hydrogen-bond donors (Lipinski definition) is 0. The first-order valence-electron chi connectivity index (χ1n) is 11.8. The quantitative estimate of drug-likeness (QED) is 0.175. The number of pyridine rings is 1. The maximum absolute atomic E-state index is 6.37. The van der Waals surface area contributed by atoms with E-state index < -0.39 is 0 Å². The largest absolute Gasteiger partial charge is 3.00 e. The van der Waals surface area contributed by atoms with Gasteiger partial charge in [-0.1, -0.05) is 35.9 Å². The molecule has 7 rings (SSSR count). The summed E-state index contributed by atoms with van der Waals surface area (Å²) in [5.41, 5.74) is 6.72. The van der Waals surface area contributed by atoms with Crippen LogP contribution in [0, 0.1) is 18.2 Å². The standard InChI is InChI=1S/C33H19N2O.Mn/c1-3-11-23(12-4-1)25-15-9-17-27(21-25)35-29-19-7-8-20-30(29)36-31-22-26-16-10-18-28(32(26)34-33(31)35)24-13-5-2-6-14-24;/h1-11,13,15-20,22H;/q-3;+3. The van der Waals surface area contributed by atoms with E-state index in [0.29, 0.717) is 5.75 Å². The summed E-state index contributed by atoms with van der Waals surface area (Å²) in [5.74, 6) is 2.22. The molecule has 0 unspecified atom stereocenters. The number of anilines is 3. The average molecular weight is 514 g/mol. The third-order valence-corrected chi connectivity index (χ3v) is 6.35. The molecule has 4 heteroatoms. The molecular weight excluding hydrogens is 495 g/mol. The minimum absolute atomic E-state index is 0. The van der Waals surface area contributed by atoms with Gasteiger partial charge >= 0.3 is 17.1 Å². The van der Waals surface area contributed by atoms with Gasteiger partial charge in [-0.15, -0.1) is 48.0 Å². The van der Waals surface area contributed by atoms with Crippen LogP contribution in [0.4, 0.5) is 17.2 Å². The Morgan fingerprint density at radius 2 is 1.38 bits per heavy atom. The molecule has 174 valence electrons. The Morgan fingerprint density at radius 3 is 2.19 bits per heavy atom. The molecule has 0 N–H and O–H groups in total. The second-order valence-corrected chi connectivity index (χ2v) is 8.59. The van der Waals surface area contributed by atoms with E-state index in [0.717, 1.165) is 56.1 Å². The van der Waals surface area contributed by atoms with Crippen molar-refractivity contribution in [3.05, 3.63) is 133 Å². The smallest absolute Gasteiger partial charge is 0.451 e. The summed E-state index contributed by atoms with van der Waals surface area (Å²) in [5, 5.41) is 1.01. The van der Waals surface area contributed by atoms with Crippen LogP contribution in [0.5, 0.6) is 11.5 Å². The molecule has 2 heterocycles. The van der Waals surface area contributed by atoms with E-state index in [1.807, 2.05) is 66.7 Å². The fourth-order valence-corrected chi connectivity index (χ4v) is 4.69. The van der Waals surface area contributed by atoms with Crippen LogP contribution < -0.4 is 9.64 Å². The van der Waals surface area contributed by atoms with Gasteiger partial charge in [0, 0.05) is 5.52 Å². The first-order chi connectivity index (χ1) is 17.8. The average Bonchev–Trinajstić information content (AvgIpc) is 2.95. The van der Waals surface area contributed by atoms with Crippen LogP contribution in [0.25, 0.3) is 33.2 Å². The van der Waals surface area contributed by atoms with E-state index in [1.54, 1.807) is 0 Å². The summed E-state index contributed by atoms with van der Waals surface area (Å²) in [7, 11) is 0. The molecule has 0 atom stereocenters. The maximum Gasteiger partial charge on any atom is 3.00 e. The Labute approximate surface area is 226 Å². The van der Waals surface area contributed by atoms with Gasteiger partial charge < -0.3 is 9.64 Å². The molecule has 6 aromatic rings. The summed E-state index contributed by atoms with van der Waals surface area (Å²) in [6, 6.07) is 48.7. The Kier molecular flexibility index (Phi) is 5.97. The van der Waals surface area contributed by atoms with E-state index in [9.17, 15) is 0 Å². The van der Waals surface area contributed by atoms with Gasteiger partial charge in [0.05, 0.1) is 5.69 Å². The van der Waals surface area contributed by atoms with Gasteiger partial charge in [0.1, 0.15) is 0 Å². The molecule has 37 heavy (non-hydrogen) atoms. The van der Waals surface area contributed by atoms with Gasteiger partial charge in [-0.3, -0.25) is 0 Å². The van der Waals surface area contributed by atoms with E-state index in [-0.39, 0.29) is 17.1 Å². The second-order valence-electron chi connectivity index (χ2n) is 8.59. The molecule has 0 spiro atoms. The van der Waals surface area contributed by atoms with Crippen molar-refractivity contribution in [2.75, 3.05) is 4.90 Å². The molecule has 0 fully saturated rings. The van der Waals surface area contributed by atoms with Gasteiger partial charge in [-0.05, 0) is 29.3 Å². The molecule has 1 aromatic heterocycles. The van der Waals surface area contributed by atoms with Crippen LogP contribution in [0.15, 0.2) is 115 Å². The normalized spacial score (nSPS) is 11.7. The number of nitrogens with zero attached hydrogens (tertiary/aromatic N) is 2. The number of fused-ring (bicyclic) bond motifs is 3. The zero-order valence-corrected chi connectivity index (χ0v) is 20.8. The van der Waals surface area contributed by atoms with Crippen LogP contribution >= 0.6 is 0 Å². The molecule has 0 radical (unpaired) electrons. The summed E-state index contributed by atoms with van der Waals surface area (Å²) in [4.78, 5) is 7.33. The van der Waals surface area contributed by atoms with E-state index in [1.165, 1.54) is 0 Å². The van der Waals surface area contributed by atoms with Gasteiger partial charge in [-0.25, -0.2) is 16.1 Å². The van der Waals surface area contributed by atoms with Crippen LogP contribution in [-0.2, 0) is 17.1 Å². The predicted molar refractivity (Wildman–Crippen MR) is 144 cm³/mol. The van der Waals surface area contributed by atoms with E-state index in [2.05, 4.69) is 71.6 Å². The first-order valence-corrected chi connectivity index (χ1v) is 11.8. The number of rotatable bonds is 3. The molecule has 3 nitrogen and oxygen atoms in total. The zero-order valence-electron chi connectivity index (χ0n) is 19.7. The van der Waals surface area contributed by atoms with Crippen molar-refractivity contribution in [3.8, 4) is 33.8 Å². The van der Waals surface area contributed by atoms with Crippen molar-refractivity contribution in [2.24, 2.45) is 0 Å². The summed E-state index contributed by atoms with van der Waals surface area (Å²) in [6.07, 6.45) is 0. The Balaban J connectivity index is 0.00000252. The molecule has 0 saturated carbocycles.